The van der Waals surface area contributed by atoms with E-state index in [1.54, 1.807) is 0 Å². The molecule has 0 aliphatic heterocycles. The summed E-state index contributed by atoms with van der Waals surface area (Å²) in [4.78, 5) is 20.0. The van der Waals surface area contributed by atoms with Gasteiger partial charge in [-0.05, 0) is 38.5 Å². The predicted molar refractivity (Wildman–Crippen MR) is 113 cm³/mol. The molecule has 2 rings (SSSR count). The summed E-state index contributed by atoms with van der Waals surface area (Å²) in [6.07, 6.45) is -0.672. The molecule has 0 aromatic carbocycles. The molecule has 1 amide bonds. The van der Waals surface area contributed by atoms with Crippen LogP contribution in [0.3, 0.4) is 0 Å². The molecule has 12 heteroatoms. The van der Waals surface area contributed by atoms with Crippen molar-refractivity contribution in [2.24, 2.45) is 16.6 Å². The first-order chi connectivity index (χ1) is 14.6. The molecular formula is C20H25F3N4O4S. The van der Waals surface area contributed by atoms with Gasteiger partial charge in [-0.3, -0.25) is 9.79 Å². The lowest BCUT2D eigenvalue weighted by Gasteiger charge is -2.34. The number of sulfone groups is 1. The zero-order chi connectivity index (χ0) is 24.3. The number of allylic oxidation sites excluding steroid dienone is 3. The van der Waals surface area contributed by atoms with Crippen LogP contribution >= 0.6 is 0 Å². The van der Waals surface area contributed by atoms with Crippen LogP contribution in [0, 0.1) is 5.92 Å². The Bertz CT molecular complexity index is 1070. The molecule has 1 aromatic heterocycles. The van der Waals surface area contributed by atoms with Crippen LogP contribution in [0.5, 0.6) is 0 Å². The number of pyridine rings is 1. The highest BCUT2D eigenvalue weighted by Gasteiger charge is 2.36. The van der Waals surface area contributed by atoms with E-state index in [0.29, 0.717) is 11.3 Å². The SMILES string of the molecule is CC(C)(O)C1CC(N)=C(C=NCCS(C)(=O)=O)C=C1NC(=O)c1cccc(C(F)(F)F)n1. The molecule has 176 valence electrons. The van der Waals surface area contributed by atoms with Gasteiger partial charge in [0.15, 0.2) is 0 Å². The molecule has 8 nitrogen and oxygen atoms in total. The van der Waals surface area contributed by atoms with Gasteiger partial charge in [0.25, 0.3) is 5.91 Å². The van der Waals surface area contributed by atoms with E-state index in [0.717, 1.165) is 24.5 Å². The monoisotopic (exact) mass is 474 g/mol. The summed E-state index contributed by atoms with van der Waals surface area (Å²) in [5.41, 5.74) is 4.08. The summed E-state index contributed by atoms with van der Waals surface area (Å²) in [5, 5.41) is 13.0. The highest BCUT2D eigenvalue weighted by atomic mass is 32.2. The number of carbonyl (C=O) groups is 1. The summed E-state index contributed by atoms with van der Waals surface area (Å²) >= 11 is 0. The van der Waals surface area contributed by atoms with E-state index in [2.05, 4.69) is 15.3 Å². The van der Waals surface area contributed by atoms with Crippen LogP contribution in [0.25, 0.3) is 0 Å². The Hall–Kier alpha value is -2.73. The van der Waals surface area contributed by atoms with Crippen molar-refractivity contribution in [1.82, 2.24) is 10.3 Å². The van der Waals surface area contributed by atoms with Gasteiger partial charge in [0.05, 0.1) is 17.9 Å². The Balaban J connectivity index is 2.32. The maximum atomic E-state index is 12.9. The third-order valence-electron chi connectivity index (χ3n) is 4.69. The number of rotatable bonds is 7. The average Bonchev–Trinajstić information content (AvgIpc) is 2.65. The van der Waals surface area contributed by atoms with E-state index >= 15 is 0 Å². The normalized spacial score (nSPS) is 18.1. The van der Waals surface area contributed by atoms with Crippen LogP contribution in [-0.4, -0.2) is 54.8 Å². The van der Waals surface area contributed by atoms with Crippen molar-refractivity contribution >= 4 is 22.0 Å². The molecule has 0 bridgehead atoms. The number of amides is 1. The number of nitrogens with zero attached hydrogens (tertiary/aromatic N) is 2. The Morgan fingerprint density at radius 2 is 2.03 bits per heavy atom. The van der Waals surface area contributed by atoms with Crippen LogP contribution in [0.2, 0.25) is 0 Å². The van der Waals surface area contributed by atoms with Gasteiger partial charge in [-0.1, -0.05) is 6.07 Å². The van der Waals surface area contributed by atoms with E-state index in [9.17, 15) is 31.5 Å². The third kappa shape index (κ3) is 7.16. The van der Waals surface area contributed by atoms with Crippen molar-refractivity contribution in [2.75, 3.05) is 18.6 Å². The van der Waals surface area contributed by atoms with E-state index in [1.807, 2.05) is 0 Å². The molecule has 1 atom stereocenters. The first kappa shape index (κ1) is 25.5. The van der Waals surface area contributed by atoms with E-state index in [4.69, 9.17) is 5.73 Å². The maximum Gasteiger partial charge on any atom is 0.433 e. The summed E-state index contributed by atoms with van der Waals surface area (Å²) in [6, 6.07) is 2.97. The lowest BCUT2D eigenvalue weighted by molar-refractivity contribution is -0.141. The number of nitrogens with one attached hydrogen (secondary N) is 1. The Morgan fingerprint density at radius 1 is 1.38 bits per heavy atom. The number of halogens is 3. The molecule has 1 aliphatic carbocycles. The van der Waals surface area contributed by atoms with Gasteiger partial charge < -0.3 is 16.2 Å². The quantitative estimate of drug-likeness (QED) is 0.516. The number of alkyl halides is 3. The van der Waals surface area contributed by atoms with Crippen molar-refractivity contribution in [3.8, 4) is 0 Å². The van der Waals surface area contributed by atoms with Gasteiger partial charge in [-0.25, -0.2) is 13.4 Å². The fourth-order valence-corrected chi connectivity index (χ4v) is 3.41. The number of hydrogen-bond acceptors (Lipinski definition) is 7. The number of carbonyl (C=O) groups excluding carboxylic acids is 1. The van der Waals surface area contributed by atoms with Gasteiger partial charge in [-0.15, -0.1) is 0 Å². The zero-order valence-electron chi connectivity index (χ0n) is 17.8. The number of aromatic nitrogens is 1. The van der Waals surface area contributed by atoms with E-state index in [-0.39, 0.29) is 24.4 Å². The summed E-state index contributed by atoms with van der Waals surface area (Å²) in [7, 11) is -3.19. The minimum absolute atomic E-state index is 0.00816. The van der Waals surface area contributed by atoms with Crippen molar-refractivity contribution in [3.63, 3.8) is 0 Å². The number of hydrogen-bond donors (Lipinski definition) is 3. The second kappa shape index (κ2) is 9.41. The minimum Gasteiger partial charge on any atom is -0.401 e. The molecule has 0 spiro atoms. The van der Waals surface area contributed by atoms with E-state index < -0.39 is 44.8 Å². The van der Waals surface area contributed by atoms with Crippen molar-refractivity contribution in [1.29, 1.82) is 0 Å². The average molecular weight is 475 g/mol. The highest BCUT2D eigenvalue weighted by Crippen LogP contribution is 2.33. The van der Waals surface area contributed by atoms with Crippen LogP contribution < -0.4 is 11.1 Å². The molecular weight excluding hydrogens is 449 g/mol. The Kier molecular flexibility index (Phi) is 7.51. The summed E-state index contributed by atoms with van der Waals surface area (Å²) in [6.45, 7) is 3.03. The van der Waals surface area contributed by atoms with Crippen LogP contribution in [0.4, 0.5) is 13.2 Å². The molecule has 1 aromatic rings. The first-order valence-electron chi connectivity index (χ1n) is 9.53. The van der Waals surface area contributed by atoms with Gasteiger partial charge in [0.1, 0.15) is 21.2 Å². The molecule has 0 saturated heterocycles. The summed E-state index contributed by atoms with van der Waals surface area (Å²) in [5.74, 6) is -1.70. The standard InChI is InChI=1S/C20H25F3N4O4S/c1-19(2,29)13-10-14(24)12(11-25-7-8-32(3,30)31)9-16(13)27-18(28)15-5-4-6-17(26-15)20(21,22)23/h4-6,9,11,13,29H,7-8,10,24H2,1-3H3,(H,27,28). The third-order valence-corrected chi connectivity index (χ3v) is 5.61. The predicted octanol–water partition coefficient (Wildman–Crippen LogP) is 1.83. The largest absolute Gasteiger partial charge is 0.433 e. The lowest BCUT2D eigenvalue weighted by Crippen LogP contribution is -2.41. The van der Waals surface area contributed by atoms with Gasteiger partial charge >= 0.3 is 6.18 Å². The van der Waals surface area contributed by atoms with Gasteiger partial charge in [0.2, 0.25) is 0 Å². The number of aliphatic hydroxyl groups is 1. The maximum absolute atomic E-state index is 12.9. The van der Waals surface area contributed by atoms with Crippen LogP contribution in [0.1, 0.15) is 36.5 Å². The Labute approximate surface area is 184 Å². The lowest BCUT2D eigenvalue weighted by atomic mass is 9.80. The van der Waals surface area contributed by atoms with Crippen molar-refractivity contribution in [3.05, 3.63) is 52.6 Å². The van der Waals surface area contributed by atoms with Crippen molar-refractivity contribution in [2.45, 2.75) is 32.0 Å². The molecule has 0 saturated carbocycles. The smallest absolute Gasteiger partial charge is 0.401 e. The van der Waals surface area contributed by atoms with Crippen LogP contribution in [0.15, 0.2) is 46.2 Å². The van der Waals surface area contributed by atoms with Crippen molar-refractivity contribution < 1.29 is 31.5 Å². The molecule has 32 heavy (non-hydrogen) atoms. The van der Waals surface area contributed by atoms with Gasteiger partial charge in [0, 0.05) is 35.4 Å². The molecule has 1 unspecified atom stereocenters. The fourth-order valence-electron chi connectivity index (χ4n) is 2.98. The fraction of sp³-hybridized carbons (Fsp3) is 0.450. The number of aliphatic imine (C=N–C) groups is 1. The summed E-state index contributed by atoms with van der Waals surface area (Å²) < 4.78 is 61.2. The minimum atomic E-state index is -4.71. The van der Waals surface area contributed by atoms with Crippen LogP contribution in [-0.2, 0) is 16.0 Å². The van der Waals surface area contributed by atoms with E-state index in [1.165, 1.54) is 26.1 Å². The molecule has 0 radical (unpaired) electrons. The first-order valence-corrected chi connectivity index (χ1v) is 11.6. The molecule has 1 aliphatic rings. The zero-order valence-corrected chi connectivity index (χ0v) is 18.6. The Morgan fingerprint density at radius 3 is 2.59 bits per heavy atom. The second-order valence-electron chi connectivity index (χ2n) is 8.02. The molecule has 0 fully saturated rings. The molecule has 1 heterocycles. The second-order valence-corrected chi connectivity index (χ2v) is 10.3. The topological polar surface area (TPSA) is 135 Å². The molecule has 4 N–H and O–H groups in total. The highest BCUT2D eigenvalue weighted by molar-refractivity contribution is 7.90. The number of nitrogens with two attached hydrogens (primary N) is 1. The van der Waals surface area contributed by atoms with Gasteiger partial charge in [-0.2, -0.15) is 13.2 Å².